The third-order valence-corrected chi connectivity index (χ3v) is 4.01. The molecule has 2 aromatic carbocycles. The first-order valence-corrected chi connectivity index (χ1v) is 7.07. The van der Waals surface area contributed by atoms with Crippen LogP contribution in [0.5, 0.6) is 0 Å². The zero-order chi connectivity index (χ0) is 14.1. The molecule has 1 heteroatoms. The molecular formula is C19H20N+. The van der Waals surface area contributed by atoms with Crippen molar-refractivity contribution in [3.05, 3.63) is 65.1 Å². The molecular weight excluding hydrogens is 242 g/mol. The number of quaternary nitrogens is 1. The number of benzene rings is 2. The molecule has 0 radical (unpaired) electrons. The molecule has 1 aliphatic carbocycles. The Labute approximate surface area is 119 Å². The molecule has 20 heavy (non-hydrogen) atoms. The Kier molecular flexibility index (Phi) is 3.29. The average Bonchev–Trinajstić information content (AvgIpc) is 2.61. The van der Waals surface area contributed by atoms with Crippen molar-refractivity contribution in [2.24, 2.45) is 0 Å². The molecule has 0 aromatic heterocycles. The van der Waals surface area contributed by atoms with Crippen molar-refractivity contribution in [3.8, 4) is 0 Å². The van der Waals surface area contributed by atoms with E-state index in [2.05, 4.69) is 61.7 Å². The Morgan fingerprint density at radius 3 is 2.90 bits per heavy atom. The smallest absolute Gasteiger partial charge is 0.116 e. The SMILES string of the molecule is C=CC/C([NH3+])=c1/ccc2cccc3c2c1C(C)=CCC=3. The van der Waals surface area contributed by atoms with Crippen molar-refractivity contribution in [3.63, 3.8) is 0 Å². The van der Waals surface area contributed by atoms with Gasteiger partial charge in [-0.15, -0.1) is 6.58 Å². The van der Waals surface area contributed by atoms with E-state index in [4.69, 9.17) is 0 Å². The minimum Gasteiger partial charge on any atom is -0.328 e. The molecule has 0 saturated carbocycles. The van der Waals surface area contributed by atoms with Crippen molar-refractivity contribution in [1.82, 2.24) is 0 Å². The van der Waals surface area contributed by atoms with Crippen molar-refractivity contribution < 1.29 is 5.73 Å². The summed E-state index contributed by atoms with van der Waals surface area (Å²) < 4.78 is 0. The molecule has 2 aromatic rings. The minimum absolute atomic E-state index is 0.831. The molecule has 0 amide bonds. The fraction of sp³-hybridized carbons (Fsp3) is 0.158. The second kappa shape index (κ2) is 5.10. The largest absolute Gasteiger partial charge is 0.328 e. The van der Waals surface area contributed by atoms with Crippen LogP contribution in [0.3, 0.4) is 0 Å². The third-order valence-electron chi connectivity index (χ3n) is 4.01. The van der Waals surface area contributed by atoms with E-state index in [0.717, 1.165) is 18.5 Å². The molecule has 100 valence electrons. The molecule has 0 spiro atoms. The summed E-state index contributed by atoms with van der Waals surface area (Å²) in [7, 11) is 0. The molecule has 1 aliphatic rings. The lowest BCUT2D eigenvalue weighted by Gasteiger charge is -2.09. The molecule has 3 rings (SSSR count). The maximum atomic E-state index is 4.24. The highest BCUT2D eigenvalue weighted by molar-refractivity contribution is 5.95. The van der Waals surface area contributed by atoms with E-state index in [1.165, 1.54) is 32.3 Å². The Morgan fingerprint density at radius 1 is 1.25 bits per heavy atom. The Balaban J connectivity index is 2.56. The highest BCUT2D eigenvalue weighted by Crippen LogP contribution is 2.22. The predicted octanol–water partition coefficient (Wildman–Crippen LogP) is 2.35. The van der Waals surface area contributed by atoms with Gasteiger partial charge in [-0.05, 0) is 46.5 Å². The number of hydrogen-bond donors (Lipinski definition) is 1. The quantitative estimate of drug-likeness (QED) is 0.805. The highest BCUT2D eigenvalue weighted by Gasteiger charge is 2.11. The summed E-state index contributed by atoms with van der Waals surface area (Å²) >= 11 is 0. The summed E-state index contributed by atoms with van der Waals surface area (Å²) in [6.07, 6.45) is 8.36. The Hall–Kier alpha value is -2.12. The van der Waals surface area contributed by atoms with Gasteiger partial charge in [-0.3, -0.25) is 0 Å². The van der Waals surface area contributed by atoms with Crippen LogP contribution in [-0.4, -0.2) is 0 Å². The lowest BCUT2D eigenvalue weighted by atomic mass is 9.95. The monoisotopic (exact) mass is 262 g/mol. The zero-order valence-electron chi connectivity index (χ0n) is 11.9. The predicted molar refractivity (Wildman–Crippen MR) is 87.0 cm³/mol. The molecule has 0 fully saturated rings. The van der Waals surface area contributed by atoms with E-state index in [9.17, 15) is 0 Å². The number of rotatable bonds is 2. The van der Waals surface area contributed by atoms with Crippen LogP contribution in [0.2, 0.25) is 0 Å². The van der Waals surface area contributed by atoms with Crippen LogP contribution >= 0.6 is 0 Å². The van der Waals surface area contributed by atoms with E-state index in [1.807, 2.05) is 6.08 Å². The first kappa shape index (κ1) is 12.9. The van der Waals surface area contributed by atoms with Gasteiger partial charge in [0.2, 0.25) is 0 Å². The van der Waals surface area contributed by atoms with Crippen LogP contribution in [0, 0.1) is 0 Å². The summed E-state index contributed by atoms with van der Waals surface area (Å²) in [5.41, 5.74) is 8.07. The summed E-state index contributed by atoms with van der Waals surface area (Å²) in [4.78, 5) is 0. The summed E-state index contributed by atoms with van der Waals surface area (Å²) in [6, 6.07) is 10.9. The van der Waals surface area contributed by atoms with Crippen LogP contribution in [0.25, 0.3) is 28.1 Å². The van der Waals surface area contributed by atoms with Gasteiger partial charge in [0.25, 0.3) is 0 Å². The van der Waals surface area contributed by atoms with Crippen LogP contribution in [0.1, 0.15) is 25.3 Å². The second-order valence-electron chi connectivity index (χ2n) is 5.36. The van der Waals surface area contributed by atoms with Gasteiger partial charge < -0.3 is 5.73 Å². The van der Waals surface area contributed by atoms with E-state index < -0.39 is 0 Å². The van der Waals surface area contributed by atoms with Crippen LogP contribution in [-0.2, 0) is 0 Å². The van der Waals surface area contributed by atoms with Gasteiger partial charge in [-0.1, -0.05) is 42.5 Å². The average molecular weight is 262 g/mol. The molecule has 0 atom stereocenters. The van der Waals surface area contributed by atoms with E-state index in [0.29, 0.717) is 0 Å². The lowest BCUT2D eigenvalue weighted by molar-refractivity contribution is -0.251. The van der Waals surface area contributed by atoms with Crippen molar-refractivity contribution in [1.29, 1.82) is 0 Å². The fourth-order valence-electron chi connectivity index (χ4n) is 3.03. The fourth-order valence-corrected chi connectivity index (χ4v) is 3.03. The van der Waals surface area contributed by atoms with Crippen molar-refractivity contribution in [2.45, 2.75) is 19.8 Å². The van der Waals surface area contributed by atoms with Crippen molar-refractivity contribution in [2.75, 3.05) is 0 Å². The van der Waals surface area contributed by atoms with Gasteiger partial charge in [0.05, 0.1) is 0 Å². The van der Waals surface area contributed by atoms with Crippen LogP contribution in [0.4, 0.5) is 0 Å². The van der Waals surface area contributed by atoms with Gasteiger partial charge in [0.15, 0.2) is 0 Å². The maximum absolute atomic E-state index is 4.24. The molecule has 0 unspecified atom stereocenters. The Bertz CT molecular complexity index is 838. The molecule has 0 saturated heterocycles. The van der Waals surface area contributed by atoms with Crippen LogP contribution < -0.4 is 16.2 Å². The van der Waals surface area contributed by atoms with E-state index in [-0.39, 0.29) is 0 Å². The summed E-state index contributed by atoms with van der Waals surface area (Å²) in [6.45, 7) is 6.04. The minimum atomic E-state index is 0.831. The molecule has 3 N–H and O–H groups in total. The second-order valence-corrected chi connectivity index (χ2v) is 5.36. The van der Waals surface area contributed by atoms with Gasteiger partial charge >= 0.3 is 0 Å². The summed E-state index contributed by atoms with van der Waals surface area (Å²) in [5.74, 6) is 0. The first-order valence-electron chi connectivity index (χ1n) is 7.07. The van der Waals surface area contributed by atoms with Gasteiger partial charge in [0, 0.05) is 11.6 Å². The maximum Gasteiger partial charge on any atom is 0.116 e. The zero-order valence-corrected chi connectivity index (χ0v) is 11.9. The topological polar surface area (TPSA) is 27.6 Å². The third kappa shape index (κ3) is 2.00. The first-order chi connectivity index (χ1) is 9.72. The number of hydrogen-bond acceptors (Lipinski definition) is 0. The van der Waals surface area contributed by atoms with Gasteiger partial charge in [-0.25, -0.2) is 0 Å². The van der Waals surface area contributed by atoms with Gasteiger partial charge in [-0.2, -0.15) is 0 Å². The highest BCUT2D eigenvalue weighted by atomic mass is 14.6. The van der Waals surface area contributed by atoms with E-state index in [1.54, 1.807) is 0 Å². The van der Waals surface area contributed by atoms with Gasteiger partial charge in [0.1, 0.15) is 5.70 Å². The van der Waals surface area contributed by atoms with Crippen LogP contribution in [0.15, 0.2) is 49.1 Å². The van der Waals surface area contributed by atoms with E-state index >= 15 is 0 Å². The summed E-state index contributed by atoms with van der Waals surface area (Å²) in [5, 5.41) is 5.26. The standard InChI is InChI=1S/C19H19N/c1-3-6-17(20)16-12-11-15-10-5-9-14-8-4-7-13(2)18(16)19(14)15/h3,5,7-12H,1,4,6,20H2,2H3/p+1/b17-16+. The molecule has 0 bridgehead atoms. The molecule has 1 nitrogen and oxygen atoms in total. The number of allylic oxidation sites excluding steroid dienone is 2. The van der Waals surface area contributed by atoms with Crippen molar-refractivity contribution >= 4 is 28.1 Å². The molecule has 0 aliphatic heterocycles. The Morgan fingerprint density at radius 2 is 2.10 bits per heavy atom. The normalized spacial score (nSPS) is 15.2. The lowest BCUT2D eigenvalue weighted by Crippen LogP contribution is -2.50. The molecule has 0 heterocycles.